The predicted molar refractivity (Wildman–Crippen MR) is 104 cm³/mol. The summed E-state index contributed by atoms with van der Waals surface area (Å²) in [6, 6.07) is 18.3. The Hall–Kier alpha value is -1.86. The lowest BCUT2D eigenvalue weighted by molar-refractivity contribution is 0.513. The molecule has 0 atom stereocenters. The van der Waals surface area contributed by atoms with Crippen LogP contribution in [-0.4, -0.2) is 6.04 Å². The van der Waals surface area contributed by atoms with Gasteiger partial charge < -0.3 is 5.73 Å². The van der Waals surface area contributed by atoms with E-state index in [9.17, 15) is 0 Å². The Bertz CT molecular complexity index is 667. The minimum atomic E-state index is 0.389. The van der Waals surface area contributed by atoms with Crippen LogP contribution in [0.1, 0.15) is 61.8 Å². The van der Waals surface area contributed by atoms with Gasteiger partial charge in [0.05, 0.1) is 0 Å². The van der Waals surface area contributed by atoms with Crippen molar-refractivity contribution in [3.8, 4) is 0 Å². The summed E-state index contributed by atoms with van der Waals surface area (Å²) in [6.45, 7) is 4.00. The maximum atomic E-state index is 6.12. The van der Waals surface area contributed by atoms with E-state index in [0.29, 0.717) is 6.04 Å². The first-order valence-corrected chi connectivity index (χ1v) is 9.47. The maximum absolute atomic E-state index is 6.12. The smallest absolute Gasteiger partial charge is 0.00449 e. The molecule has 2 aliphatic carbocycles. The molecule has 126 valence electrons. The molecular weight excluding hydrogens is 290 g/mol. The molecule has 0 aromatic heterocycles. The second kappa shape index (κ2) is 7.81. The molecule has 0 heterocycles. The molecule has 0 radical (unpaired) electrons. The van der Waals surface area contributed by atoms with E-state index < -0.39 is 0 Å². The van der Waals surface area contributed by atoms with Crippen LogP contribution in [0.5, 0.6) is 0 Å². The maximum Gasteiger partial charge on any atom is 0.00449 e. The molecular formula is C23H29N. The third kappa shape index (κ3) is 3.32. The minimum absolute atomic E-state index is 0.389. The molecule has 2 aliphatic rings. The third-order valence-corrected chi connectivity index (χ3v) is 5.22. The summed E-state index contributed by atoms with van der Waals surface area (Å²) in [4.78, 5) is 0. The average Bonchev–Trinajstić information content (AvgIpc) is 2.81. The van der Waals surface area contributed by atoms with E-state index >= 15 is 0 Å². The molecule has 1 fully saturated rings. The SMILES string of the molecule is CC.NC1CCC(=C2c3ccccc3CCc3ccccc32)CC1. The molecule has 24 heavy (non-hydrogen) atoms. The van der Waals surface area contributed by atoms with Crippen LogP contribution >= 0.6 is 0 Å². The Balaban J connectivity index is 0.000000815. The van der Waals surface area contributed by atoms with Gasteiger partial charge >= 0.3 is 0 Å². The van der Waals surface area contributed by atoms with Crippen LogP contribution in [0.3, 0.4) is 0 Å². The lowest BCUT2D eigenvalue weighted by Gasteiger charge is -2.25. The molecule has 0 spiro atoms. The van der Waals surface area contributed by atoms with Gasteiger partial charge in [0.25, 0.3) is 0 Å². The molecule has 0 saturated heterocycles. The molecule has 2 aromatic carbocycles. The van der Waals surface area contributed by atoms with Crippen molar-refractivity contribution in [2.24, 2.45) is 5.73 Å². The molecule has 2 aromatic rings. The fourth-order valence-corrected chi connectivity index (χ4v) is 4.00. The Morgan fingerprint density at radius 2 is 1.17 bits per heavy atom. The van der Waals surface area contributed by atoms with E-state index in [4.69, 9.17) is 5.73 Å². The molecule has 1 nitrogen and oxygen atoms in total. The van der Waals surface area contributed by atoms with Crippen LogP contribution < -0.4 is 5.73 Å². The Morgan fingerprint density at radius 3 is 1.67 bits per heavy atom. The molecule has 0 bridgehead atoms. The number of benzene rings is 2. The van der Waals surface area contributed by atoms with Gasteiger partial charge in [0.15, 0.2) is 0 Å². The highest BCUT2D eigenvalue weighted by atomic mass is 14.6. The first-order chi connectivity index (χ1) is 11.8. The number of aryl methyl sites for hydroxylation is 2. The average molecular weight is 319 g/mol. The van der Waals surface area contributed by atoms with Gasteiger partial charge in [-0.25, -0.2) is 0 Å². The quantitative estimate of drug-likeness (QED) is 0.680. The van der Waals surface area contributed by atoms with E-state index in [1.165, 1.54) is 27.8 Å². The second-order valence-corrected chi connectivity index (χ2v) is 6.63. The van der Waals surface area contributed by atoms with Crippen LogP contribution in [0.4, 0.5) is 0 Å². The minimum Gasteiger partial charge on any atom is -0.328 e. The van der Waals surface area contributed by atoms with Gasteiger partial charge in [-0.05, 0) is 66.4 Å². The van der Waals surface area contributed by atoms with Crippen LogP contribution in [-0.2, 0) is 12.8 Å². The highest BCUT2D eigenvalue weighted by Crippen LogP contribution is 2.39. The zero-order chi connectivity index (χ0) is 16.9. The van der Waals surface area contributed by atoms with Gasteiger partial charge in [-0.1, -0.05) is 68.0 Å². The third-order valence-electron chi connectivity index (χ3n) is 5.22. The molecule has 1 heteroatoms. The summed E-state index contributed by atoms with van der Waals surface area (Å²) in [6.07, 6.45) is 6.84. The number of rotatable bonds is 0. The highest BCUT2D eigenvalue weighted by Gasteiger charge is 2.23. The Kier molecular flexibility index (Phi) is 5.52. The Labute approximate surface area is 146 Å². The predicted octanol–water partition coefficient (Wildman–Crippen LogP) is 5.51. The van der Waals surface area contributed by atoms with Gasteiger partial charge in [-0.3, -0.25) is 0 Å². The standard InChI is InChI=1S/C21H23N.C2H6/c22-18-13-11-17(12-14-18)21-19-7-3-1-5-15(19)9-10-16-6-2-4-8-20(16)21;1-2/h1-8,18H,9-14,22H2;1-2H3. The fourth-order valence-electron chi connectivity index (χ4n) is 4.00. The van der Waals surface area contributed by atoms with Gasteiger partial charge in [-0.2, -0.15) is 0 Å². The Morgan fingerprint density at radius 1 is 0.708 bits per heavy atom. The molecule has 1 saturated carbocycles. The van der Waals surface area contributed by atoms with Gasteiger partial charge in [-0.15, -0.1) is 0 Å². The van der Waals surface area contributed by atoms with Crippen molar-refractivity contribution < 1.29 is 0 Å². The van der Waals surface area contributed by atoms with Gasteiger partial charge in [0.1, 0.15) is 0 Å². The zero-order valence-corrected chi connectivity index (χ0v) is 15.0. The second-order valence-electron chi connectivity index (χ2n) is 6.63. The van der Waals surface area contributed by atoms with Crippen molar-refractivity contribution in [1.29, 1.82) is 0 Å². The number of hydrogen-bond acceptors (Lipinski definition) is 1. The largest absolute Gasteiger partial charge is 0.328 e. The summed E-state index contributed by atoms with van der Waals surface area (Å²) in [7, 11) is 0. The highest BCUT2D eigenvalue weighted by molar-refractivity contribution is 5.86. The fraction of sp³-hybridized carbons (Fsp3) is 0.391. The van der Waals surface area contributed by atoms with E-state index in [0.717, 1.165) is 38.5 Å². The summed E-state index contributed by atoms with van der Waals surface area (Å²) in [5.41, 5.74) is 15.2. The van der Waals surface area contributed by atoms with Crippen LogP contribution in [0.2, 0.25) is 0 Å². The van der Waals surface area contributed by atoms with E-state index in [1.54, 1.807) is 5.57 Å². The number of allylic oxidation sites excluding steroid dienone is 1. The lowest BCUT2D eigenvalue weighted by Crippen LogP contribution is -2.23. The molecule has 0 amide bonds. The van der Waals surface area contributed by atoms with Crippen molar-refractivity contribution in [1.82, 2.24) is 0 Å². The summed E-state index contributed by atoms with van der Waals surface area (Å²) >= 11 is 0. The topological polar surface area (TPSA) is 26.0 Å². The molecule has 0 unspecified atom stereocenters. The van der Waals surface area contributed by atoms with Gasteiger partial charge in [0, 0.05) is 6.04 Å². The first kappa shape index (κ1) is 17.0. The van der Waals surface area contributed by atoms with Crippen LogP contribution in [0.15, 0.2) is 54.1 Å². The van der Waals surface area contributed by atoms with E-state index in [1.807, 2.05) is 13.8 Å². The van der Waals surface area contributed by atoms with Gasteiger partial charge in [0.2, 0.25) is 0 Å². The molecule has 4 rings (SSSR count). The summed E-state index contributed by atoms with van der Waals surface area (Å²) < 4.78 is 0. The monoisotopic (exact) mass is 319 g/mol. The zero-order valence-electron chi connectivity index (χ0n) is 15.0. The first-order valence-electron chi connectivity index (χ1n) is 9.47. The summed E-state index contributed by atoms with van der Waals surface area (Å²) in [5.74, 6) is 0. The van der Waals surface area contributed by atoms with Crippen molar-refractivity contribution in [2.45, 2.75) is 58.4 Å². The van der Waals surface area contributed by atoms with Crippen LogP contribution in [0.25, 0.3) is 5.57 Å². The van der Waals surface area contributed by atoms with Crippen molar-refractivity contribution in [3.05, 3.63) is 76.4 Å². The van der Waals surface area contributed by atoms with Crippen molar-refractivity contribution in [2.75, 3.05) is 0 Å². The number of fused-ring (bicyclic) bond motifs is 2. The lowest BCUT2D eigenvalue weighted by atomic mass is 9.82. The molecule has 2 N–H and O–H groups in total. The van der Waals surface area contributed by atoms with Crippen LogP contribution in [0, 0.1) is 0 Å². The van der Waals surface area contributed by atoms with E-state index in [2.05, 4.69) is 48.5 Å². The number of nitrogens with two attached hydrogens (primary N) is 1. The summed E-state index contributed by atoms with van der Waals surface area (Å²) in [5, 5.41) is 0. The van der Waals surface area contributed by atoms with E-state index in [-0.39, 0.29) is 0 Å². The molecule has 0 aliphatic heterocycles. The normalized spacial score (nSPS) is 19.5. The number of hydrogen-bond donors (Lipinski definition) is 1. The van der Waals surface area contributed by atoms with Crippen molar-refractivity contribution >= 4 is 5.57 Å². The van der Waals surface area contributed by atoms with Crippen molar-refractivity contribution in [3.63, 3.8) is 0 Å².